The Morgan fingerprint density at radius 2 is 2.14 bits per heavy atom. The van der Waals surface area contributed by atoms with Crippen LogP contribution in [-0.4, -0.2) is 5.78 Å². The van der Waals surface area contributed by atoms with Crippen LogP contribution in [0.1, 0.15) is 40.0 Å². The summed E-state index contributed by atoms with van der Waals surface area (Å²) >= 11 is 0. The highest BCUT2D eigenvalue weighted by molar-refractivity contribution is 5.92. The summed E-state index contributed by atoms with van der Waals surface area (Å²) in [5.41, 5.74) is 2.82. The molecule has 0 unspecified atom stereocenters. The van der Waals surface area contributed by atoms with Gasteiger partial charge in [0.25, 0.3) is 0 Å². The van der Waals surface area contributed by atoms with Crippen molar-refractivity contribution in [2.24, 2.45) is 11.3 Å². The average molecular weight is 190 g/mol. The summed E-state index contributed by atoms with van der Waals surface area (Å²) in [4.78, 5) is 11.6. The number of allylic oxidation sites excluding steroid dienone is 4. The third-order valence-electron chi connectivity index (χ3n) is 4.06. The molecule has 0 aromatic heterocycles. The van der Waals surface area contributed by atoms with E-state index < -0.39 is 0 Å². The summed E-state index contributed by atoms with van der Waals surface area (Å²) in [5.74, 6) is 0.904. The first kappa shape index (κ1) is 9.70. The van der Waals surface area contributed by atoms with Gasteiger partial charge in [-0.25, -0.2) is 0 Å². The summed E-state index contributed by atoms with van der Waals surface area (Å²) in [6.07, 6.45) is 7.25. The van der Waals surface area contributed by atoms with Crippen molar-refractivity contribution in [1.82, 2.24) is 0 Å². The lowest BCUT2D eigenvalue weighted by Crippen LogP contribution is -2.37. The average Bonchev–Trinajstić information content (AvgIpc) is 2.07. The minimum absolute atomic E-state index is 0.119. The Kier molecular flexibility index (Phi) is 2.13. The van der Waals surface area contributed by atoms with Gasteiger partial charge in [-0.2, -0.15) is 0 Å². The van der Waals surface area contributed by atoms with Crippen molar-refractivity contribution in [1.29, 1.82) is 0 Å². The van der Waals surface area contributed by atoms with Crippen molar-refractivity contribution < 1.29 is 4.79 Å². The van der Waals surface area contributed by atoms with Crippen LogP contribution < -0.4 is 0 Å². The third-order valence-corrected chi connectivity index (χ3v) is 4.06. The number of ketones is 1. The van der Waals surface area contributed by atoms with Gasteiger partial charge >= 0.3 is 0 Å². The van der Waals surface area contributed by atoms with E-state index in [1.807, 2.05) is 6.08 Å². The third kappa shape index (κ3) is 1.26. The lowest BCUT2D eigenvalue weighted by atomic mass is 9.59. The molecule has 2 aliphatic rings. The van der Waals surface area contributed by atoms with Crippen molar-refractivity contribution in [3.8, 4) is 0 Å². The highest BCUT2D eigenvalue weighted by atomic mass is 16.1. The maximum Gasteiger partial charge on any atom is 0.156 e. The molecule has 0 fully saturated rings. The lowest BCUT2D eigenvalue weighted by molar-refractivity contribution is -0.117. The number of carbonyl (C=O) groups is 1. The fraction of sp³-hybridized carbons (Fsp3) is 0.615. The van der Waals surface area contributed by atoms with Gasteiger partial charge in [-0.1, -0.05) is 24.1 Å². The molecule has 14 heavy (non-hydrogen) atoms. The number of rotatable bonds is 0. The first-order valence-electron chi connectivity index (χ1n) is 5.42. The monoisotopic (exact) mass is 190 g/mol. The van der Waals surface area contributed by atoms with Gasteiger partial charge in [0.15, 0.2) is 5.78 Å². The molecule has 2 atom stereocenters. The molecular formula is C13H18O. The van der Waals surface area contributed by atoms with E-state index in [0.717, 1.165) is 0 Å². The second kappa shape index (κ2) is 3.08. The van der Waals surface area contributed by atoms with Gasteiger partial charge in [0, 0.05) is 11.8 Å². The number of carbonyl (C=O) groups excluding carboxylic acids is 1. The Morgan fingerprint density at radius 1 is 1.43 bits per heavy atom. The summed E-state index contributed by atoms with van der Waals surface area (Å²) in [5, 5.41) is 0. The summed E-state index contributed by atoms with van der Waals surface area (Å²) in [7, 11) is 0. The smallest absolute Gasteiger partial charge is 0.156 e. The molecule has 0 heterocycles. The van der Waals surface area contributed by atoms with Crippen LogP contribution in [-0.2, 0) is 4.79 Å². The van der Waals surface area contributed by atoms with Crippen molar-refractivity contribution in [2.45, 2.75) is 40.0 Å². The molecule has 2 rings (SSSR count). The molecule has 1 heteroatoms. The fourth-order valence-corrected chi connectivity index (χ4v) is 3.05. The van der Waals surface area contributed by atoms with E-state index in [4.69, 9.17) is 0 Å². The topological polar surface area (TPSA) is 17.1 Å². The summed E-state index contributed by atoms with van der Waals surface area (Å²) in [6, 6.07) is 0. The van der Waals surface area contributed by atoms with Gasteiger partial charge in [-0.3, -0.25) is 4.79 Å². The molecule has 2 aliphatic carbocycles. The van der Waals surface area contributed by atoms with E-state index in [1.54, 1.807) is 0 Å². The van der Waals surface area contributed by atoms with Crippen LogP contribution in [0.4, 0.5) is 0 Å². The molecule has 76 valence electrons. The van der Waals surface area contributed by atoms with E-state index in [0.29, 0.717) is 18.1 Å². The molecule has 0 aromatic rings. The molecule has 0 amide bonds. The van der Waals surface area contributed by atoms with E-state index in [9.17, 15) is 4.79 Å². The minimum Gasteiger partial charge on any atom is -0.295 e. The van der Waals surface area contributed by atoms with Crippen LogP contribution in [0.2, 0.25) is 0 Å². The minimum atomic E-state index is 0.119. The Morgan fingerprint density at radius 3 is 2.86 bits per heavy atom. The van der Waals surface area contributed by atoms with Crippen LogP contribution in [0.3, 0.4) is 0 Å². The maximum absolute atomic E-state index is 11.6. The zero-order valence-corrected chi connectivity index (χ0v) is 9.26. The van der Waals surface area contributed by atoms with Gasteiger partial charge in [-0.15, -0.1) is 0 Å². The molecule has 0 N–H and O–H groups in total. The first-order chi connectivity index (χ1) is 6.54. The van der Waals surface area contributed by atoms with Crippen LogP contribution >= 0.6 is 0 Å². The standard InChI is InChI=1S/C13H18O/c1-9-7-11(14)8-13(3)10(2)5-4-6-12(9)13/h5,7,12H,4,6,8H2,1-3H3/t12-,13+/m1/s1. The Bertz CT molecular complexity index is 335. The molecule has 0 aromatic carbocycles. The van der Waals surface area contributed by atoms with Crippen LogP contribution in [0.5, 0.6) is 0 Å². The van der Waals surface area contributed by atoms with Crippen LogP contribution in [0.15, 0.2) is 23.3 Å². The molecule has 0 saturated carbocycles. The zero-order chi connectivity index (χ0) is 10.3. The van der Waals surface area contributed by atoms with Crippen molar-refractivity contribution in [2.75, 3.05) is 0 Å². The van der Waals surface area contributed by atoms with E-state index in [2.05, 4.69) is 26.8 Å². The van der Waals surface area contributed by atoms with E-state index >= 15 is 0 Å². The maximum atomic E-state index is 11.6. The van der Waals surface area contributed by atoms with Gasteiger partial charge in [0.05, 0.1) is 0 Å². The highest BCUT2D eigenvalue weighted by Crippen LogP contribution is 2.50. The second-order valence-corrected chi connectivity index (χ2v) is 4.97. The predicted octanol–water partition coefficient (Wildman–Crippen LogP) is 3.27. The van der Waals surface area contributed by atoms with E-state index in [-0.39, 0.29) is 5.41 Å². The van der Waals surface area contributed by atoms with Gasteiger partial charge in [0.1, 0.15) is 0 Å². The Balaban J connectivity index is 2.46. The summed E-state index contributed by atoms with van der Waals surface area (Å²) in [6.45, 7) is 6.54. The molecule has 0 aliphatic heterocycles. The van der Waals surface area contributed by atoms with Gasteiger partial charge < -0.3 is 0 Å². The predicted molar refractivity (Wildman–Crippen MR) is 58.0 cm³/mol. The van der Waals surface area contributed by atoms with Crippen molar-refractivity contribution in [3.63, 3.8) is 0 Å². The second-order valence-electron chi connectivity index (χ2n) is 4.97. The van der Waals surface area contributed by atoms with Crippen LogP contribution in [0, 0.1) is 11.3 Å². The largest absolute Gasteiger partial charge is 0.295 e. The molecule has 0 radical (unpaired) electrons. The summed E-state index contributed by atoms with van der Waals surface area (Å²) < 4.78 is 0. The molecule has 0 bridgehead atoms. The zero-order valence-electron chi connectivity index (χ0n) is 9.26. The number of fused-ring (bicyclic) bond motifs is 1. The molecule has 0 saturated heterocycles. The van der Waals surface area contributed by atoms with Crippen molar-refractivity contribution >= 4 is 5.78 Å². The number of hydrogen-bond acceptors (Lipinski definition) is 1. The quantitative estimate of drug-likeness (QED) is 0.536. The lowest BCUT2D eigenvalue weighted by Gasteiger charge is -2.44. The van der Waals surface area contributed by atoms with Crippen LogP contribution in [0.25, 0.3) is 0 Å². The molecule has 0 spiro atoms. The Labute approximate surface area is 85.9 Å². The SMILES string of the molecule is CC1=CC(=O)C[C@@]2(C)C(C)=CCC[C@H]12. The van der Waals surface area contributed by atoms with Gasteiger partial charge in [-0.05, 0) is 38.7 Å². The molecule has 1 nitrogen and oxygen atoms in total. The molecular weight excluding hydrogens is 172 g/mol. The van der Waals surface area contributed by atoms with Gasteiger partial charge in [0.2, 0.25) is 0 Å². The number of hydrogen-bond donors (Lipinski definition) is 0. The normalized spacial score (nSPS) is 37.4. The van der Waals surface area contributed by atoms with Crippen molar-refractivity contribution in [3.05, 3.63) is 23.3 Å². The highest BCUT2D eigenvalue weighted by Gasteiger charge is 2.42. The first-order valence-corrected chi connectivity index (χ1v) is 5.42. The fourth-order valence-electron chi connectivity index (χ4n) is 3.05. The Hall–Kier alpha value is -0.850. The van der Waals surface area contributed by atoms with E-state index in [1.165, 1.54) is 24.0 Å².